The van der Waals surface area contributed by atoms with E-state index in [4.69, 9.17) is 0 Å². The Hall–Kier alpha value is -0.877. The van der Waals surface area contributed by atoms with Crippen molar-refractivity contribution in [3.05, 3.63) is 88.5 Å². The van der Waals surface area contributed by atoms with Gasteiger partial charge in [-0.15, -0.1) is 5.56 Å². The predicted molar refractivity (Wildman–Crippen MR) is 164 cm³/mol. The summed E-state index contributed by atoms with van der Waals surface area (Å²) in [6, 6.07) is 23.7. The van der Waals surface area contributed by atoms with E-state index in [-0.39, 0.29) is 35.6 Å². The third kappa shape index (κ3) is 10.1. The molecule has 2 aliphatic carbocycles. The molecule has 0 N–H and O–H groups in total. The minimum atomic E-state index is 0. The first-order chi connectivity index (χ1) is 17.7. The predicted octanol–water partition coefficient (Wildman–Crippen LogP) is 4.42. The van der Waals surface area contributed by atoms with Crippen LogP contribution in [0.5, 0.6) is 0 Å². The van der Waals surface area contributed by atoms with Crippen LogP contribution >= 0.6 is 0 Å². The van der Waals surface area contributed by atoms with Gasteiger partial charge in [0.15, 0.2) is 0 Å². The zero-order valence-electron chi connectivity index (χ0n) is 26.4. The molecule has 0 radical (unpaired) electrons. The van der Waals surface area contributed by atoms with E-state index in [1.54, 1.807) is 27.4 Å². The number of halogens is 2. The number of benzene rings is 2. The van der Waals surface area contributed by atoms with E-state index < -0.39 is 0 Å². The zero-order chi connectivity index (χ0) is 28.1. The maximum absolute atomic E-state index is 3.53. The van der Waals surface area contributed by atoms with Gasteiger partial charge in [0.05, 0.1) is 0 Å². The normalized spacial score (nSPS) is 14.3. The first-order valence-electron chi connectivity index (χ1n) is 14.7. The van der Waals surface area contributed by atoms with Crippen molar-refractivity contribution in [2.45, 2.75) is 124 Å². The van der Waals surface area contributed by atoms with Crippen molar-refractivity contribution in [3.63, 3.8) is 0 Å². The third-order valence-corrected chi connectivity index (χ3v) is 9.54. The molecular formula is C37H50Cl2Zr-2. The van der Waals surface area contributed by atoms with Crippen molar-refractivity contribution in [1.29, 1.82) is 0 Å². The Morgan fingerprint density at radius 1 is 0.775 bits per heavy atom. The average Bonchev–Trinajstić information content (AvgIpc) is 3.52. The van der Waals surface area contributed by atoms with Crippen molar-refractivity contribution in [2.75, 3.05) is 0 Å². The minimum absolute atomic E-state index is 0. The summed E-state index contributed by atoms with van der Waals surface area (Å²) in [6.45, 7) is 20.4. The van der Waals surface area contributed by atoms with Gasteiger partial charge in [-0.2, -0.15) is 53.1 Å². The molecule has 3 heteroatoms. The summed E-state index contributed by atoms with van der Waals surface area (Å²) in [5.74, 6) is 0. The van der Waals surface area contributed by atoms with Crippen LogP contribution in [0.2, 0.25) is 0 Å². The Bertz CT molecular complexity index is 1130. The number of rotatable bonds is 2. The van der Waals surface area contributed by atoms with Crippen LogP contribution in [0.15, 0.2) is 54.6 Å². The Morgan fingerprint density at radius 3 is 1.85 bits per heavy atom. The summed E-state index contributed by atoms with van der Waals surface area (Å²) in [5.41, 5.74) is 10.6. The maximum atomic E-state index is 3.53. The van der Waals surface area contributed by atoms with Gasteiger partial charge in [0, 0.05) is 0 Å². The van der Waals surface area contributed by atoms with Gasteiger partial charge in [-0.1, -0.05) is 109 Å². The molecule has 0 heterocycles. The van der Waals surface area contributed by atoms with Gasteiger partial charge in [0.2, 0.25) is 0 Å². The molecule has 0 atom stereocenters. The molecule has 2 aliphatic rings. The van der Waals surface area contributed by atoms with E-state index in [0.29, 0.717) is 5.41 Å². The Labute approximate surface area is 273 Å². The summed E-state index contributed by atoms with van der Waals surface area (Å²) >= 11 is 1.69. The summed E-state index contributed by atoms with van der Waals surface area (Å²) in [7, 11) is 0. The SMILES string of the molecule is CC(C)(C)c1c[c-]c2c(c1)-c1cc(C(C)(C)C)ccc1C2.CCC(C)(C)c1cc[cH-]c1.[Cl-].[Cl-].[Zr+2]=[C]1CCCCC1. The van der Waals surface area contributed by atoms with Crippen molar-refractivity contribution < 1.29 is 49.0 Å². The molecule has 0 unspecified atom stereocenters. The van der Waals surface area contributed by atoms with Crippen LogP contribution in [0, 0.1) is 6.07 Å². The summed E-state index contributed by atoms with van der Waals surface area (Å²) in [4.78, 5) is 0. The fourth-order valence-corrected chi connectivity index (χ4v) is 5.86. The quantitative estimate of drug-likeness (QED) is 0.281. The van der Waals surface area contributed by atoms with Crippen LogP contribution in [0.1, 0.15) is 129 Å². The van der Waals surface area contributed by atoms with E-state index in [2.05, 4.69) is 123 Å². The summed E-state index contributed by atoms with van der Waals surface area (Å²) in [6.07, 6.45) is 9.55. The molecule has 40 heavy (non-hydrogen) atoms. The van der Waals surface area contributed by atoms with E-state index in [0.717, 1.165) is 6.42 Å². The van der Waals surface area contributed by atoms with Crippen LogP contribution in [-0.2, 0) is 46.9 Å². The van der Waals surface area contributed by atoms with Crippen LogP contribution in [0.3, 0.4) is 0 Å². The topological polar surface area (TPSA) is 0 Å². The van der Waals surface area contributed by atoms with Crippen molar-refractivity contribution in [1.82, 2.24) is 0 Å². The van der Waals surface area contributed by atoms with E-state index in [1.165, 1.54) is 77.5 Å². The van der Waals surface area contributed by atoms with Crippen LogP contribution in [0.25, 0.3) is 11.1 Å². The van der Waals surface area contributed by atoms with Crippen LogP contribution in [0.4, 0.5) is 0 Å². The molecule has 3 aromatic rings. The molecule has 218 valence electrons. The average molecular weight is 657 g/mol. The second-order valence-corrected chi connectivity index (χ2v) is 15.6. The van der Waals surface area contributed by atoms with E-state index >= 15 is 0 Å². The number of hydrogen-bond donors (Lipinski definition) is 0. The third-order valence-electron chi connectivity index (χ3n) is 8.31. The molecule has 0 aromatic heterocycles. The molecule has 0 amide bonds. The molecule has 1 saturated carbocycles. The van der Waals surface area contributed by atoms with Gasteiger partial charge in [-0.3, -0.25) is 0 Å². The van der Waals surface area contributed by atoms with Gasteiger partial charge < -0.3 is 24.8 Å². The van der Waals surface area contributed by atoms with Crippen molar-refractivity contribution >= 4 is 3.21 Å². The molecule has 3 aromatic carbocycles. The molecule has 0 saturated heterocycles. The molecule has 0 spiro atoms. The van der Waals surface area contributed by atoms with Gasteiger partial charge in [-0.25, -0.2) is 6.07 Å². The van der Waals surface area contributed by atoms with E-state index in [9.17, 15) is 0 Å². The fourth-order valence-electron chi connectivity index (χ4n) is 4.99. The summed E-state index contributed by atoms with van der Waals surface area (Å²) < 4.78 is 1.80. The van der Waals surface area contributed by atoms with Gasteiger partial charge in [0.1, 0.15) is 0 Å². The molecule has 0 aliphatic heterocycles. The monoisotopic (exact) mass is 654 g/mol. The van der Waals surface area contributed by atoms with Gasteiger partial charge in [-0.05, 0) is 17.4 Å². The number of hydrogen-bond acceptors (Lipinski definition) is 0. The van der Waals surface area contributed by atoms with Crippen molar-refractivity contribution in [2.24, 2.45) is 0 Å². The Morgan fingerprint density at radius 2 is 1.38 bits per heavy atom. The fraction of sp³-hybridized carbons (Fsp3) is 0.514. The summed E-state index contributed by atoms with van der Waals surface area (Å²) in [5, 5.41) is 0. The Balaban J connectivity index is 0.000000351. The van der Waals surface area contributed by atoms with Gasteiger partial charge in [0.25, 0.3) is 0 Å². The van der Waals surface area contributed by atoms with Crippen molar-refractivity contribution in [3.8, 4) is 11.1 Å². The zero-order valence-corrected chi connectivity index (χ0v) is 30.4. The first-order valence-corrected chi connectivity index (χ1v) is 15.9. The second kappa shape index (κ2) is 15.6. The Kier molecular flexibility index (Phi) is 14.4. The molecule has 5 rings (SSSR count). The standard InChI is InChI=1S/C21H25.C10H15.C6H10.2ClH.Zr/c1-20(2,3)16-9-7-14-11-15-8-10-17(21(4,5)6)13-19(15)18(14)12-16;1-4-10(2,3)9-7-5-6-8-9;1-2-4-6-5-3-1;;;/h7,9-10,12-13H,11H2,1-6H3;5-8H,4H2,1-3H3;1-5H2;2*1H;/q2*-1;;;;+2/p-2. The first kappa shape index (κ1) is 37.1. The van der Waals surface area contributed by atoms with Crippen LogP contribution < -0.4 is 24.8 Å². The number of fused-ring (bicyclic) bond motifs is 3. The molecule has 0 bridgehead atoms. The van der Waals surface area contributed by atoms with Gasteiger partial charge >= 0.3 is 59.5 Å². The molecular weight excluding hydrogens is 607 g/mol. The molecule has 0 nitrogen and oxygen atoms in total. The van der Waals surface area contributed by atoms with Crippen LogP contribution in [-0.4, -0.2) is 3.21 Å². The second-order valence-electron chi connectivity index (χ2n) is 13.9. The van der Waals surface area contributed by atoms with E-state index in [1.807, 2.05) is 0 Å². The molecule has 1 fully saturated rings.